The smallest absolute Gasteiger partial charge is 0.139 e. The van der Waals surface area contributed by atoms with Crippen LogP contribution >= 0.6 is 0 Å². The summed E-state index contributed by atoms with van der Waals surface area (Å²) in [6, 6.07) is 0. The Balaban J connectivity index is 1.87. The van der Waals surface area contributed by atoms with Crippen molar-refractivity contribution < 1.29 is 14.5 Å². The van der Waals surface area contributed by atoms with Gasteiger partial charge in [0.15, 0.2) is 0 Å². The number of hydrogen-bond donors (Lipinski definition) is 2. The molecule has 2 saturated heterocycles. The first-order valence-electron chi connectivity index (χ1n) is 9.81. The van der Waals surface area contributed by atoms with E-state index in [2.05, 4.69) is 39.5 Å². The fraction of sp³-hybridized carbons (Fsp3) is 0.900. The van der Waals surface area contributed by atoms with Gasteiger partial charge in [-0.3, -0.25) is 0 Å². The molecule has 2 aliphatic heterocycles. The molecule has 2 rings (SSSR count). The maximum absolute atomic E-state index is 6.09. The van der Waals surface area contributed by atoms with Crippen LogP contribution in [-0.2, 0) is 4.74 Å². The monoisotopic (exact) mass is 322 g/mol. The zero-order valence-electron chi connectivity index (χ0n) is 15.9. The quantitative estimate of drug-likeness (QED) is 0.708. The van der Waals surface area contributed by atoms with E-state index in [1.54, 1.807) is 9.80 Å². The number of likely N-dealkylation sites (tertiary alicyclic amines) is 1. The molecule has 3 nitrogen and oxygen atoms in total. The molecular weight excluding hydrogens is 284 g/mol. The van der Waals surface area contributed by atoms with Crippen molar-refractivity contribution >= 4 is 0 Å². The predicted molar refractivity (Wildman–Crippen MR) is 95.8 cm³/mol. The van der Waals surface area contributed by atoms with E-state index in [9.17, 15) is 0 Å². The maximum Gasteiger partial charge on any atom is 0.139 e. The highest BCUT2D eigenvalue weighted by Crippen LogP contribution is 2.43. The van der Waals surface area contributed by atoms with E-state index in [1.165, 1.54) is 51.9 Å². The Morgan fingerprint density at radius 3 is 2.61 bits per heavy atom. The molecule has 0 aromatic rings. The van der Waals surface area contributed by atoms with Gasteiger partial charge in [0.05, 0.1) is 31.8 Å². The van der Waals surface area contributed by atoms with Crippen molar-refractivity contribution in [3.63, 3.8) is 0 Å². The minimum absolute atomic E-state index is 0.110. The number of ether oxygens (including phenoxy) is 1. The van der Waals surface area contributed by atoms with E-state index in [0.717, 1.165) is 26.1 Å². The summed E-state index contributed by atoms with van der Waals surface area (Å²) in [5, 5.41) is 0. The summed E-state index contributed by atoms with van der Waals surface area (Å²) in [5.41, 5.74) is 0.626. The highest BCUT2D eigenvalue weighted by molar-refractivity contribution is 4.99. The molecule has 0 aliphatic carbocycles. The molecule has 0 bridgehead atoms. The lowest BCUT2D eigenvalue weighted by atomic mass is 9.68. The van der Waals surface area contributed by atoms with Gasteiger partial charge in [-0.15, -0.1) is 0 Å². The molecule has 132 valence electrons. The first-order chi connectivity index (χ1) is 11.0. The van der Waals surface area contributed by atoms with Gasteiger partial charge in [-0.05, 0) is 64.7 Å². The maximum atomic E-state index is 6.09. The van der Waals surface area contributed by atoms with Crippen molar-refractivity contribution in [2.45, 2.75) is 65.4 Å². The van der Waals surface area contributed by atoms with Gasteiger partial charge in [0.2, 0.25) is 0 Å². The largest absolute Gasteiger partial charge is 0.375 e. The van der Waals surface area contributed by atoms with Crippen molar-refractivity contribution in [3.05, 3.63) is 0 Å². The average Bonchev–Trinajstić information content (AvgIpc) is 2.55. The molecule has 0 aromatic heterocycles. The molecule has 2 aliphatic rings. The van der Waals surface area contributed by atoms with Crippen LogP contribution in [0.4, 0.5) is 0 Å². The highest BCUT2D eigenvalue weighted by atomic mass is 16.5. The van der Waals surface area contributed by atoms with Gasteiger partial charge in [-0.2, -0.15) is 0 Å². The summed E-state index contributed by atoms with van der Waals surface area (Å²) in [7, 11) is 0. The molecule has 2 N–H and O–H groups in total. The molecule has 2 fully saturated rings. The predicted octanol–water partition coefficient (Wildman–Crippen LogP) is 0.559. The zero-order valence-corrected chi connectivity index (χ0v) is 15.9. The van der Waals surface area contributed by atoms with E-state index >= 15 is 0 Å². The van der Waals surface area contributed by atoms with Crippen LogP contribution in [0, 0.1) is 17.3 Å². The first kappa shape index (κ1) is 18.8. The number of nitrogens with one attached hydrogen (secondary N) is 2. The van der Waals surface area contributed by atoms with Crippen LogP contribution in [0.3, 0.4) is 0 Å². The molecule has 23 heavy (non-hydrogen) atoms. The topological polar surface area (TPSA) is 18.1 Å². The fourth-order valence-corrected chi connectivity index (χ4v) is 4.48. The van der Waals surface area contributed by atoms with Gasteiger partial charge in [0, 0.05) is 12.0 Å². The molecule has 3 atom stereocenters. The number of rotatable bonds is 5. The Hall–Kier alpha value is -0.560. The van der Waals surface area contributed by atoms with Crippen LogP contribution in [0.1, 0.15) is 59.8 Å². The second-order valence-corrected chi connectivity index (χ2v) is 8.02. The second kappa shape index (κ2) is 8.51. The van der Waals surface area contributed by atoms with Crippen molar-refractivity contribution in [1.82, 2.24) is 0 Å². The molecule has 1 spiro atoms. The third-order valence-corrected chi connectivity index (χ3v) is 6.24. The Morgan fingerprint density at radius 2 is 1.91 bits per heavy atom. The van der Waals surface area contributed by atoms with Crippen molar-refractivity contribution in [1.29, 1.82) is 0 Å². The van der Waals surface area contributed by atoms with E-state index in [0.29, 0.717) is 5.41 Å². The summed E-state index contributed by atoms with van der Waals surface area (Å²) >= 11 is 0. The third kappa shape index (κ3) is 5.21. The number of quaternary nitrogens is 2. The van der Waals surface area contributed by atoms with Crippen molar-refractivity contribution in [2.24, 2.45) is 5.41 Å². The van der Waals surface area contributed by atoms with Crippen LogP contribution in [0.2, 0.25) is 0 Å². The van der Waals surface area contributed by atoms with Gasteiger partial charge >= 0.3 is 0 Å². The molecule has 0 amide bonds. The molecule has 1 unspecified atom stereocenters. The SMILES string of the molecule is CC[NH+](CC)CC#CC[NH+]1CCC[C@]2(CCO[C@@](C)(CC)C2)C1. The Morgan fingerprint density at radius 1 is 1.13 bits per heavy atom. The van der Waals surface area contributed by atoms with Gasteiger partial charge in [-0.1, -0.05) is 6.92 Å². The minimum Gasteiger partial charge on any atom is -0.375 e. The minimum atomic E-state index is 0.110. The molecule has 0 aromatic carbocycles. The summed E-state index contributed by atoms with van der Waals surface area (Å²) in [6.45, 7) is 17.0. The number of piperidine rings is 1. The van der Waals surface area contributed by atoms with Crippen LogP contribution in [0.25, 0.3) is 0 Å². The van der Waals surface area contributed by atoms with E-state index in [1.807, 2.05) is 0 Å². The van der Waals surface area contributed by atoms with Gasteiger partial charge in [-0.25, -0.2) is 0 Å². The summed E-state index contributed by atoms with van der Waals surface area (Å²) < 4.78 is 6.09. The Kier molecular flexibility index (Phi) is 6.95. The van der Waals surface area contributed by atoms with Gasteiger partial charge < -0.3 is 14.5 Å². The summed E-state index contributed by atoms with van der Waals surface area (Å²) in [4.78, 5) is 3.30. The number of hydrogen-bond acceptors (Lipinski definition) is 1. The third-order valence-electron chi connectivity index (χ3n) is 6.24. The van der Waals surface area contributed by atoms with Crippen molar-refractivity contribution in [3.8, 4) is 11.8 Å². The Bertz CT molecular complexity index is 419. The van der Waals surface area contributed by atoms with Gasteiger partial charge in [0.1, 0.15) is 13.1 Å². The summed E-state index contributed by atoms with van der Waals surface area (Å²) in [6.07, 6.45) is 6.39. The standard InChI is InChI=1S/C20H36N2O/c1-5-19(4)17-20(12-16-23-19)11-10-15-22(18-20)14-9-8-13-21(6-2)7-3/h5-7,10-18H2,1-4H3/p+2/t19-,20+/m0/s1. The van der Waals surface area contributed by atoms with Crippen LogP contribution in [0.15, 0.2) is 0 Å². The normalized spacial score (nSPS) is 34.4. The fourth-order valence-electron chi connectivity index (χ4n) is 4.48. The van der Waals surface area contributed by atoms with E-state index in [4.69, 9.17) is 4.74 Å². The second-order valence-electron chi connectivity index (χ2n) is 8.02. The molecular formula is C20H38N2O+2. The Labute approximate surface area is 143 Å². The van der Waals surface area contributed by atoms with E-state index in [-0.39, 0.29) is 5.60 Å². The van der Waals surface area contributed by atoms with Gasteiger partial charge in [0.25, 0.3) is 0 Å². The van der Waals surface area contributed by atoms with Crippen molar-refractivity contribution in [2.75, 3.05) is 45.9 Å². The van der Waals surface area contributed by atoms with Crippen LogP contribution in [-0.4, -0.2) is 51.5 Å². The van der Waals surface area contributed by atoms with E-state index < -0.39 is 0 Å². The first-order valence-corrected chi connectivity index (χ1v) is 9.81. The molecule has 2 heterocycles. The lowest BCUT2D eigenvalue weighted by Crippen LogP contribution is -3.14. The molecule has 0 saturated carbocycles. The lowest BCUT2D eigenvalue weighted by Gasteiger charge is -2.48. The zero-order chi connectivity index (χ0) is 16.8. The molecule has 0 radical (unpaired) electrons. The lowest BCUT2D eigenvalue weighted by molar-refractivity contribution is -0.906. The highest BCUT2D eigenvalue weighted by Gasteiger charge is 2.46. The van der Waals surface area contributed by atoms with Crippen LogP contribution < -0.4 is 9.80 Å². The molecule has 3 heteroatoms. The summed E-state index contributed by atoms with van der Waals surface area (Å²) in [5.74, 6) is 6.89. The average molecular weight is 323 g/mol. The van der Waals surface area contributed by atoms with Crippen LogP contribution in [0.5, 0.6) is 0 Å².